The van der Waals surface area contributed by atoms with Gasteiger partial charge in [0.05, 0.1) is 28.7 Å². The van der Waals surface area contributed by atoms with Crippen molar-refractivity contribution in [2.45, 2.75) is 11.4 Å². The number of furan rings is 1. The fourth-order valence-electron chi connectivity index (χ4n) is 1.66. The van der Waals surface area contributed by atoms with Gasteiger partial charge in [-0.1, -0.05) is 0 Å². The number of sulfonamides is 1. The molecule has 0 radical (unpaired) electrons. The lowest BCUT2D eigenvalue weighted by atomic mass is 10.3. The molecule has 0 fully saturated rings. The SMILES string of the molecule is COc1ccc(S(N)(=O)=O)cc1NCc1cc(Br)c(Br)o1. The summed E-state index contributed by atoms with van der Waals surface area (Å²) < 4.78 is 34.8. The second kappa shape index (κ2) is 6.39. The molecule has 0 amide bonds. The number of anilines is 1. The smallest absolute Gasteiger partial charge is 0.238 e. The first kappa shape index (κ1) is 16.3. The molecule has 0 unspecified atom stereocenters. The largest absolute Gasteiger partial charge is 0.495 e. The Morgan fingerprint density at radius 2 is 2.05 bits per heavy atom. The maximum Gasteiger partial charge on any atom is 0.238 e. The minimum Gasteiger partial charge on any atom is -0.495 e. The molecule has 0 spiro atoms. The Balaban J connectivity index is 2.25. The molecule has 0 saturated heterocycles. The van der Waals surface area contributed by atoms with Crippen LogP contribution in [0.5, 0.6) is 5.75 Å². The number of primary sulfonamides is 1. The zero-order valence-electron chi connectivity index (χ0n) is 10.9. The molecule has 0 atom stereocenters. The molecule has 0 aliphatic carbocycles. The molecule has 114 valence electrons. The number of ether oxygens (including phenoxy) is 1. The topological polar surface area (TPSA) is 94.6 Å². The summed E-state index contributed by atoms with van der Waals surface area (Å²) in [5.41, 5.74) is 0.507. The van der Waals surface area contributed by atoms with Gasteiger partial charge >= 0.3 is 0 Å². The first-order chi connectivity index (χ1) is 9.81. The van der Waals surface area contributed by atoms with E-state index in [1.165, 1.54) is 25.3 Å². The summed E-state index contributed by atoms with van der Waals surface area (Å²) in [5.74, 6) is 1.17. The van der Waals surface area contributed by atoms with Crippen LogP contribution in [0.15, 0.2) is 42.7 Å². The van der Waals surface area contributed by atoms with Crippen LogP contribution in [0.25, 0.3) is 0 Å². The average molecular weight is 440 g/mol. The molecule has 21 heavy (non-hydrogen) atoms. The molecule has 1 aromatic heterocycles. The first-order valence-corrected chi connectivity index (χ1v) is 8.83. The van der Waals surface area contributed by atoms with Crippen molar-refractivity contribution in [2.24, 2.45) is 5.14 Å². The Kier molecular flexibility index (Phi) is 4.97. The predicted octanol–water partition coefficient (Wildman–Crippen LogP) is 3.07. The van der Waals surface area contributed by atoms with Gasteiger partial charge < -0.3 is 14.5 Å². The van der Waals surface area contributed by atoms with E-state index in [0.29, 0.717) is 28.4 Å². The van der Waals surface area contributed by atoms with Gasteiger partial charge in [0.15, 0.2) is 4.67 Å². The number of halogens is 2. The molecule has 0 aliphatic heterocycles. The molecule has 1 aromatic carbocycles. The van der Waals surface area contributed by atoms with Crippen LogP contribution in [0, 0.1) is 0 Å². The maximum absolute atomic E-state index is 11.4. The molecule has 6 nitrogen and oxygen atoms in total. The molecule has 0 saturated carbocycles. The van der Waals surface area contributed by atoms with E-state index in [1.807, 2.05) is 0 Å². The van der Waals surface area contributed by atoms with Gasteiger partial charge in [-0.25, -0.2) is 13.6 Å². The number of benzene rings is 1. The van der Waals surface area contributed by atoms with E-state index in [9.17, 15) is 8.42 Å². The van der Waals surface area contributed by atoms with Gasteiger partial charge in [0, 0.05) is 0 Å². The molecular weight excluding hydrogens is 428 g/mol. The van der Waals surface area contributed by atoms with Gasteiger partial charge in [-0.15, -0.1) is 0 Å². The molecule has 0 bridgehead atoms. The van der Waals surface area contributed by atoms with Gasteiger partial charge in [-0.3, -0.25) is 0 Å². The van der Waals surface area contributed by atoms with Crippen LogP contribution in [0.1, 0.15) is 5.76 Å². The lowest BCUT2D eigenvalue weighted by molar-refractivity contribution is 0.415. The predicted molar refractivity (Wildman–Crippen MR) is 85.8 cm³/mol. The summed E-state index contributed by atoms with van der Waals surface area (Å²) in [4.78, 5) is 0.00704. The Morgan fingerprint density at radius 3 is 2.57 bits per heavy atom. The van der Waals surface area contributed by atoms with Crippen LogP contribution in [0.4, 0.5) is 5.69 Å². The molecule has 3 N–H and O–H groups in total. The summed E-state index contributed by atoms with van der Waals surface area (Å²) in [6, 6.07) is 6.14. The van der Waals surface area contributed by atoms with Gasteiger partial charge in [0.2, 0.25) is 10.0 Å². The summed E-state index contributed by atoms with van der Waals surface area (Å²) >= 11 is 6.57. The van der Waals surface area contributed by atoms with E-state index in [4.69, 9.17) is 14.3 Å². The monoisotopic (exact) mass is 438 g/mol. The standard InChI is InChI=1S/C12H12Br2N2O4S/c1-19-11-3-2-8(21(15,17)18)5-10(11)16-6-7-4-9(13)12(14)20-7/h2-5,16H,6H2,1H3,(H2,15,17,18). The van der Waals surface area contributed by atoms with Crippen LogP contribution < -0.4 is 15.2 Å². The molecule has 2 aromatic rings. The van der Waals surface area contributed by atoms with Crippen LogP contribution in [0.3, 0.4) is 0 Å². The highest BCUT2D eigenvalue weighted by Crippen LogP contribution is 2.30. The van der Waals surface area contributed by atoms with E-state index in [0.717, 1.165) is 4.47 Å². The highest BCUT2D eigenvalue weighted by Gasteiger charge is 2.13. The van der Waals surface area contributed by atoms with Crippen molar-refractivity contribution in [3.8, 4) is 5.75 Å². The molecule has 2 rings (SSSR count). The van der Waals surface area contributed by atoms with Gasteiger partial charge in [-0.05, 0) is 56.1 Å². The van der Waals surface area contributed by atoms with Crippen molar-refractivity contribution < 1.29 is 17.6 Å². The minimum atomic E-state index is -3.77. The normalized spacial score (nSPS) is 11.4. The van der Waals surface area contributed by atoms with Crippen molar-refractivity contribution >= 4 is 47.6 Å². The third-order valence-corrected chi connectivity index (χ3v) is 5.27. The Morgan fingerprint density at radius 1 is 1.33 bits per heavy atom. The van der Waals surface area contributed by atoms with E-state index in [1.54, 1.807) is 6.07 Å². The van der Waals surface area contributed by atoms with Gasteiger partial charge in [0.25, 0.3) is 0 Å². The third kappa shape index (κ3) is 4.00. The van der Waals surface area contributed by atoms with E-state index < -0.39 is 10.0 Å². The van der Waals surface area contributed by atoms with Crippen molar-refractivity contribution in [1.29, 1.82) is 0 Å². The van der Waals surface area contributed by atoms with Crippen molar-refractivity contribution in [3.05, 3.63) is 39.2 Å². The van der Waals surface area contributed by atoms with Crippen molar-refractivity contribution in [1.82, 2.24) is 0 Å². The molecule has 1 heterocycles. The summed E-state index contributed by atoms with van der Waals surface area (Å²) in [6.45, 7) is 0.356. The van der Waals surface area contributed by atoms with Crippen LogP contribution in [0.2, 0.25) is 0 Å². The first-order valence-electron chi connectivity index (χ1n) is 5.69. The second-order valence-corrected chi connectivity index (χ2v) is 7.23. The van der Waals surface area contributed by atoms with E-state index in [2.05, 4.69) is 37.2 Å². The van der Waals surface area contributed by atoms with Gasteiger partial charge in [0.1, 0.15) is 11.5 Å². The zero-order chi connectivity index (χ0) is 15.6. The Bertz CT molecular complexity index is 739. The summed E-state index contributed by atoms with van der Waals surface area (Å²) in [7, 11) is -2.27. The molecule has 9 heteroatoms. The lowest BCUT2D eigenvalue weighted by Gasteiger charge is -2.11. The summed E-state index contributed by atoms with van der Waals surface area (Å²) in [5, 5.41) is 8.17. The number of methoxy groups -OCH3 is 1. The number of nitrogens with one attached hydrogen (secondary N) is 1. The van der Waals surface area contributed by atoms with E-state index in [-0.39, 0.29) is 4.90 Å². The number of rotatable bonds is 5. The van der Waals surface area contributed by atoms with Crippen LogP contribution in [-0.4, -0.2) is 15.5 Å². The average Bonchev–Trinajstić information content (AvgIpc) is 2.74. The van der Waals surface area contributed by atoms with Crippen LogP contribution >= 0.6 is 31.9 Å². The van der Waals surface area contributed by atoms with E-state index >= 15 is 0 Å². The maximum atomic E-state index is 11.4. The lowest BCUT2D eigenvalue weighted by Crippen LogP contribution is -2.12. The highest BCUT2D eigenvalue weighted by atomic mass is 79.9. The molecular formula is C12H12Br2N2O4S. The quantitative estimate of drug-likeness (QED) is 0.746. The number of hydrogen-bond acceptors (Lipinski definition) is 5. The van der Waals surface area contributed by atoms with Gasteiger partial charge in [-0.2, -0.15) is 0 Å². The highest BCUT2D eigenvalue weighted by molar-refractivity contribution is 9.13. The third-order valence-electron chi connectivity index (χ3n) is 2.65. The van der Waals surface area contributed by atoms with Crippen molar-refractivity contribution in [3.63, 3.8) is 0 Å². The van der Waals surface area contributed by atoms with Crippen LogP contribution in [-0.2, 0) is 16.6 Å². The fraction of sp³-hybridized carbons (Fsp3) is 0.167. The van der Waals surface area contributed by atoms with Crippen molar-refractivity contribution in [2.75, 3.05) is 12.4 Å². The second-order valence-electron chi connectivity index (χ2n) is 4.10. The number of nitrogens with two attached hydrogens (primary N) is 1. The fourth-order valence-corrected chi connectivity index (χ4v) is 2.86. The zero-order valence-corrected chi connectivity index (χ0v) is 14.9. The Hall–Kier alpha value is -1.03. The minimum absolute atomic E-state index is 0.00704. The summed E-state index contributed by atoms with van der Waals surface area (Å²) in [6.07, 6.45) is 0. The molecule has 0 aliphatic rings. The number of hydrogen-bond donors (Lipinski definition) is 2. The Labute approximate surface area is 139 Å².